The lowest BCUT2D eigenvalue weighted by Gasteiger charge is -2.26. The van der Waals surface area contributed by atoms with Gasteiger partial charge in [0.15, 0.2) is 5.71 Å². The molecule has 1 fully saturated rings. The van der Waals surface area contributed by atoms with Crippen LogP contribution in [0.25, 0.3) is 0 Å². The Hall–Kier alpha value is -4.17. The maximum atomic E-state index is 13.4. The minimum Gasteiger partial charge on any atom is -0.328 e. The van der Waals surface area contributed by atoms with Gasteiger partial charge >= 0.3 is 0 Å². The number of para-hydroxylation sites is 1. The number of aliphatic imine (C=N–C) groups is 1. The standard InChI is InChI=1S/C28H31N7O3.C4H10.H2S/c29-16-24-15-21-18-35(24)26(36)19-34(28(38)25(33-30)17-31-22-8-4-1-5-9-22)14-6-2-3-7-20-10-12-23(13-11-20)32-27(21)37;1-4(2)3;/h1,4-5,8-13,17,21,24H,2-3,6-7,14-15,18-19,30H2,(H,32,37);4H,1-3H3;1H2/b31-17?,33-25+;;. The number of hydrogen-bond acceptors (Lipinski definition) is 7. The molecule has 2 aromatic carbocycles. The van der Waals surface area contributed by atoms with Crippen molar-refractivity contribution in [2.45, 2.75) is 58.9 Å². The van der Waals surface area contributed by atoms with Crippen molar-refractivity contribution in [1.82, 2.24) is 9.80 Å². The molecule has 3 heterocycles. The first kappa shape index (κ1) is 35.0. The Kier molecular flexibility index (Phi) is 14.4. The molecule has 43 heavy (non-hydrogen) atoms. The number of rotatable bonds is 3. The zero-order chi connectivity index (χ0) is 30.5. The molecule has 4 bridgehead atoms. The molecule has 11 heteroatoms. The molecular formula is C32H43N7O3S. The van der Waals surface area contributed by atoms with E-state index in [9.17, 15) is 19.6 Å². The molecule has 3 amide bonds. The van der Waals surface area contributed by atoms with Crippen LogP contribution in [0.5, 0.6) is 0 Å². The van der Waals surface area contributed by atoms with Crippen LogP contribution in [-0.2, 0) is 20.8 Å². The molecule has 3 N–H and O–H groups in total. The van der Waals surface area contributed by atoms with Gasteiger partial charge in [0.1, 0.15) is 12.6 Å². The van der Waals surface area contributed by atoms with Crippen molar-refractivity contribution in [1.29, 1.82) is 5.26 Å². The van der Waals surface area contributed by atoms with Gasteiger partial charge < -0.3 is 21.0 Å². The van der Waals surface area contributed by atoms with Crippen LogP contribution in [0.2, 0.25) is 0 Å². The molecule has 5 rings (SSSR count). The molecule has 0 spiro atoms. The van der Waals surface area contributed by atoms with E-state index < -0.39 is 23.8 Å². The number of nitriles is 1. The van der Waals surface area contributed by atoms with Gasteiger partial charge in [0.2, 0.25) is 11.8 Å². The zero-order valence-corrected chi connectivity index (χ0v) is 26.2. The molecule has 0 radical (unpaired) electrons. The van der Waals surface area contributed by atoms with Crippen molar-refractivity contribution in [2.24, 2.45) is 27.8 Å². The molecule has 230 valence electrons. The Morgan fingerprint density at radius 1 is 1.07 bits per heavy atom. The number of benzene rings is 2. The summed E-state index contributed by atoms with van der Waals surface area (Å²) in [5.74, 6) is 4.69. The normalized spacial score (nSPS) is 19.7. The smallest absolute Gasteiger partial charge is 0.276 e. The monoisotopic (exact) mass is 605 g/mol. The first-order valence-corrected chi connectivity index (χ1v) is 14.5. The van der Waals surface area contributed by atoms with E-state index in [4.69, 9.17) is 5.84 Å². The van der Waals surface area contributed by atoms with Crippen LogP contribution in [0.15, 0.2) is 64.7 Å². The van der Waals surface area contributed by atoms with Crippen LogP contribution in [-0.4, -0.2) is 65.1 Å². The fourth-order valence-corrected chi connectivity index (χ4v) is 4.69. The fraction of sp³-hybridized carbons (Fsp3) is 0.438. The predicted molar refractivity (Wildman–Crippen MR) is 176 cm³/mol. The highest BCUT2D eigenvalue weighted by Gasteiger charge is 2.39. The molecule has 3 aliphatic rings. The summed E-state index contributed by atoms with van der Waals surface area (Å²) in [5, 5.41) is 16.2. The highest BCUT2D eigenvalue weighted by molar-refractivity contribution is 7.59. The number of anilines is 1. The second kappa shape index (κ2) is 17.7. The van der Waals surface area contributed by atoms with E-state index in [0.29, 0.717) is 24.3 Å². The minimum absolute atomic E-state index is 0. The van der Waals surface area contributed by atoms with Gasteiger partial charge in [-0.1, -0.05) is 57.5 Å². The molecular weight excluding hydrogens is 562 g/mol. The summed E-state index contributed by atoms with van der Waals surface area (Å²) in [6, 6.07) is 18.2. The Balaban J connectivity index is 0.00000121. The number of nitrogens with zero attached hydrogens (tertiary/aromatic N) is 5. The predicted octanol–water partition coefficient (Wildman–Crippen LogP) is 4.41. The minimum atomic E-state index is -0.751. The number of amides is 3. The van der Waals surface area contributed by atoms with Crippen molar-refractivity contribution in [2.75, 3.05) is 25.0 Å². The third-order valence-corrected chi connectivity index (χ3v) is 6.82. The first-order valence-electron chi connectivity index (χ1n) is 14.5. The molecule has 10 nitrogen and oxygen atoms in total. The van der Waals surface area contributed by atoms with Gasteiger partial charge in [0.05, 0.1) is 23.9 Å². The van der Waals surface area contributed by atoms with Crippen LogP contribution in [0.3, 0.4) is 0 Å². The van der Waals surface area contributed by atoms with E-state index in [0.717, 1.165) is 30.7 Å². The maximum Gasteiger partial charge on any atom is 0.276 e. The summed E-state index contributed by atoms with van der Waals surface area (Å²) in [6.45, 7) is 6.68. The Morgan fingerprint density at radius 2 is 1.74 bits per heavy atom. The molecule has 2 unspecified atom stereocenters. The third kappa shape index (κ3) is 10.9. The lowest BCUT2D eigenvalue weighted by atomic mass is 10.0. The van der Waals surface area contributed by atoms with Crippen LogP contribution >= 0.6 is 13.5 Å². The number of carbonyl (C=O) groups excluding carboxylic acids is 3. The SMILES string of the molecule is CC(C)C.N#CC1CC2CN1C(=O)CN(C(=O)/C(C=Nc1ccccc1)=N/N)CCCCCc1ccc(cc1)NC2=O.S. The largest absolute Gasteiger partial charge is 0.328 e. The van der Waals surface area contributed by atoms with Gasteiger partial charge in [-0.2, -0.15) is 23.9 Å². The van der Waals surface area contributed by atoms with Crippen LogP contribution in [0.1, 0.15) is 52.0 Å². The second-order valence-corrected chi connectivity index (χ2v) is 11.2. The van der Waals surface area contributed by atoms with Gasteiger partial charge in [-0.3, -0.25) is 19.4 Å². The second-order valence-electron chi connectivity index (χ2n) is 11.2. The Bertz CT molecular complexity index is 1300. The molecule has 1 saturated heterocycles. The molecule has 2 aromatic rings. The highest BCUT2D eigenvalue weighted by atomic mass is 32.1. The van der Waals surface area contributed by atoms with E-state index in [1.807, 2.05) is 42.5 Å². The van der Waals surface area contributed by atoms with Gasteiger partial charge in [0, 0.05) is 18.8 Å². The lowest BCUT2D eigenvalue weighted by Crippen LogP contribution is -2.47. The summed E-state index contributed by atoms with van der Waals surface area (Å²) in [7, 11) is 0. The summed E-state index contributed by atoms with van der Waals surface area (Å²) in [5.41, 5.74) is 2.39. The molecule has 0 aromatic heterocycles. The van der Waals surface area contributed by atoms with Crippen molar-refractivity contribution < 1.29 is 14.4 Å². The van der Waals surface area contributed by atoms with Gasteiger partial charge in [-0.15, -0.1) is 0 Å². The highest BCUT2D eigenvalue weighted by Crippen LogP contribution is 2.25. The van der Waals surface area contributed by atoms with Crippen LogP contribution in [0.4, 0.5) is 11.4 Å². The number of hydrogen-bond donors (Lipinski definition) is 2. The third-order valence-electron chi connectivity index (χ3n) is 6.82. The van der Waals surface area contributed by atoms with E-state index in [1.165, 1.54) is 16.0 Å². The summed E-state index contributed by atoms with van der Waals surface area (Å²) in [4.78, 5) is 46.7. The van der Waals surface area contributed by atoms with E-state index in [2.05, 4.69) is 42.3 Å². The molecule has 0 saturated carbocycles. The van der Waals surface area contributed by atoms with Crippen molar-refractivity contribution >= 4 is 54.5 Å². The average molecular weight is 606 g/mol. The van der Waals surface area contributed by atoms with Crippen LogP contribution < -0.4 is 11.2 Å². The van der Waals surface area contributed by atoms with E-state index >= 15 is 0 Å². The van der Waals surface area contributed by atoms with Gasteiger partial charge in [-0.25, -0.2) is 0 Å². The molecule has 2 atom stereocenters. The topological polar surface area (TPSA) is 144 Å². The zero-order valence-electron chi connectivity index (χ0n) is 25.2. The summed E-state index contributed by atoms with van der Waals surface area (Å²) in [6.07, 6.45) is 4.81. The lowest BCUT2D eigenvalue weighted by molar-refractivity contribution is -0.137. The maximum absolute atomic E-state index is 13.4. The van der Waals surface area contributed by atoms with Crippen molar-refractivity contribution in [3.8, 4) is 6.07 Å². The number of aryl methyl sites for hydroxylation is 1. The number of carbonyl (C=O) groups is 3. The number of nitrogens with two attached hydrogens (primary N) is 1. The number of hydrazone groups is 1. The fourth-order valence-electron chi connectivity index (χ4n) is 4.69. The molecule has 0 aliphatic carbocycles. The van der Waals surface area contributed by atoms with Gasteiger partial charge in [0.25, 0.3) is 5.91 Å². The van der Waals surface area contributed by atoms with Crippen LogP contribution in [0, 0.1) is 23.2 Å². The average Bonchev–Trinajstić information content (AvgIpc) is 3.42. The van der Waals surface area contributed by atoms with E-state index in [1.54, 1.807) is 12.1 Å². The Morgan fingerprint density at radius 3 is 2.37 bits per heavy atom. The quantitative estimate of drug-likeness (QED) is 0.303. The Labute approximate surface area is 261 Å². The van der Waals surface area contributed by atoms with Gasteiger partial charge in [-0.05, 0) is 61.4 Å². The first-order chi connectivity index (χ1) is 20.2. The molecule has 3 aliphatic heterocycles. The van der Waals surface area contributed by atoms with E-state index in [-0.39, 0.29) is 44.6 Å². The number of nitrogens with one attached hydrogen (secondary N) is 1. The summed E-state index contributed by atoms with van der Waals surface area (Å²) >= 11 is 0. The van der Waals surface area contributed by atoms with Crippen molar-refractivity contribution in [3.05, 3.63) is 60.2 Å². The summed E-state index contributed by atoms with van der Waals surface area (Å²) < 4.78 is 0. The number of fused-ring (bicyclic) bond motifs is 10. The van der Waals surface area contributed by atoms with Crippen molar-refractivity contribution in [3.63, 3.8) is 0 Å².